The molecular weight excluding hydrogens is 200 g/mol. The quantitative estimate of drug-likeness (QED) is 0.728. The zero-order valence-corrected chi connectivity index (χ0v) is 9.82. The maximum atomic E-state index is 11.7. The Bertz CT molecular complexity index is 223. The first-order chi connectivity index (χ1) is 6.50. The van der Waals surface area contributed by atoms with Crippen molar-refractivity contribution in [3.8, 4) is 0 Å². The first-order valence-electron chi connectivity index (χ1n) is 4.89. The van der Waals surface area contributed by atoms with Crippen molar-refractivity contribution < 1.29 is 14.6 Å². The Morgan fingerprint density at radius 2 is 2.36 bits per heavy atom. The zero-order valence-electron chi connectivity index (χ0n) is 9.00. The lowest BCUT2D eigenvalue weighted by atomic mass is 9.71. The van der Waals surface area contributed by atoms with Gasteiger partial charge in [-0.25, -0.2) is 0 Å². The largest absolute Gasteiger partial charge is 0.469 e. The van der Waals surface area contributed by atoms with Crippen LogP contribution < -0.4 is 0 Å². The van der Waals surface area contributed by atoms with E-state index in [4.69, 9.17) is 4.74 Å². The van der Waals surface area contributed by atoms with E-state index in [1.54, 1.807) is 18.7 Å². The lowest BCUT2D eigenvalue weighted by molar-refractivity contribution is -0.168. The van der Waals surface area contributed by atoms with Crippen LogP contribution in [0, 0.1) is 5.41 Å². The lowest BCUT2D eigenvalue weighted by Gasteiger charge is -2.39. The summed E-state index contributed by atoms with van der Waals surface area (Å²) in [5.74, 6) is 1.25. The fraction of sp³-hybridized carbons (Fsp3) is 0.900. The highest BCUT2D eigenvalue weighted by molar-refractivity contribution is 7.99. The van der Waals surface area contributed by atoms with Gasteiger partial charge in [0.15, 0.2) is 0 Å². The summed E-state index contributed by atoms with van der Waals surface area (Å²) in [5, 5.41) is 10.4. The zero-order chi connectivity index (χ0) is 10.8. The smallest absolute Gasteiger partial charge is 0.314 e. The van der Waals surface area contributed by atoms with Gasteiger partial charge in [0.25, 0.3) is 0 Å². The molecule has 0 amide bonds. The molecule has 2 atom stereocenters. The van der Waals surface area contributed by atoms with E-state index in [9.17, 15) is 9.90 Å². The van der Waals surface area contributed by atoms with Crippen molar-refractivity contribution in [2.75, 3.05) is 18.6 Å². The van der Waals surface area contributed by atoms with Gasteiger partial charge in [-0.2, -0.15) is 11.8 Å². The van der Waals surface area contributed by atoms with Gasteiger partial charge in [0.2, 0.25) is 0 Å². The average molecular weight is 218 g/mol. The highest BCUT2D eigenvalue weighted by Gasteiger charge is 2.53. The number of hydrogen-bond acceptors (Lipinski definition) is 4. The SMILES string of the molecule is CCC(C)(C(=O)OC)C1(O)CCSC1. The fourth-order valence-corrected chi connectivity index (χ4v) is 3.30. The summed E-state index contributed by atoms with van der Waals surface area (Å²) in [6, 6.07) is 0. The van der Waals surface area contributed by atoms with Crippen LogP contribution in [-0.4, -0.2) is 35.3 Å². The predicted molar refractivity (Wildman–Crippen MR) is 57.3 cm³/mol. The molecule has 0 radical (unpaired) electrons. The standard InChI is InChI=1S/C10H18O3S/c1-4-9(2,8(11)13-3)10(12)5-6-14-7-10/h12H,4-7H2,1-3H3. The molecule has 82 valence electrons. The van der Waals surface area contributed by atoms with Crippen LogP contribution in [0.3, 0.4) is 0 Å². The van der Waals surface area contributed by atoms with Crippen molar-refractivity contribution in [2.24, 2.45) is 5.41 Å². The third-order valence-electron chi connectivity index (χ3n) is 3.37. The van der Waals surface area contributed by atoms with Gasteiger partial charge < -0.3 is 9.84 Å². The second-order valence-electron chi connectivity index (χ2n) is 4.01. The Labute approximate surface area is 89.2 Å². The average Bonchev–Trinajstić information content (AvgIpc) is 2.64. The third kappa shape index (κ3) is 1.65. The van der Waals surface area contributed by atoms with Crippen LogP contribution in [0.2, 0.25) is 0 Å². The molecule has 1 rings (SSSR count). The molecule has 1 heterocycles. The van der Waals surface area contributed by atoms with Gasteiger partial charge in [-0.05, 0) is 25.5 Å². The molecule has 1 aliphatic heterocycles. The number of methoxy groups -OCH3 is 1. The van der Waals surface area contributed by atoms with Gasteiger partial charge in [-0.15, -0.1) is 0 Å². The minimum atomic E-state index is -0.889. The van der Waals surface area contributed by atoms with Crippen LogP contribution in [0.4, 0.5) is 0 Å². The normalized spacial score (nSPS) is 31.1. The molecule has 0 aliphatic carbocycles. The monoisotopic (exact) mass is 218 g/mol. The van der Waals surface area contributed by atoms with Crippen molar-refractivity contribution in [3.63, 3.8) is 0 Å². The van der Waals surface area contributed by atoms with Crippen LogP contribution in [0.5, 0.6) is 0 Å². The summed E-state index contributed by atoms with van der Waals surface area (Å²) < 4.78 is 4.78. The van der Waals surface area contributed by atoms with Crippen molar-refractivity contribution >= 4 is 17.7 Å². The molecule has 0 aromatic rings. The van der Waals surface area contributed by atoms with Crippen molar-refractivity contribution in [2.45, 2.75) is 32.3 Å². The van der Waals surface area contributed by atoms with Crippen molar-refractivity contribution in [1.82, 2.24) is 0 Å². The van der Waals surface area contributed by atoms with Gasteiger partial charge in [0, 0.05) is 5.75 Å². The van der Waals surface area contributed by atoms with E-state index in [2.05, 4.69) is 0 Å². The van der Waals surface area contributed by atoms with Crippen molar-refractivity contribution in [3.05, 3.63) is 0 Å². The van der Waals surface area contributed by atoms with E-state index in [0.717, 1.165) is 5.75 Å². The Hall–Kier alpha value is -0.220. The molecule has 14 heavy (non-hydrogen) atoms. The van der Waals surface area contributed by atoms with Crippen LogP contribution in [0.15, 0.2) is 0 Å². The first kappa shape index (κ1) is 11.9. The van der Waals surface area contributed by atoms with Crippen LogP contribution >= 0.6 is 11.8 Å². The molecule has 0 saturated carbocycles. The molecule has 4 heteroatoms. The Morgan fingerprint density at radius 1 is 1.71 bits per heavy atom. The molecule has 0 spiro atoms. The number of thioether (sulfide) groups is 1. The van der Waals surface area contributed by atoms with E-state index in [1.807, 2.05) is 6.92 Å². The number of aliphatic hydroxyl groups is 1. The maximum absolute atomic E-state index is 11.7. The Balaban J connectivity index is 2.93. The lowest BCUT2D eigenvalue weighted by Crippen LogP contribution is -2.51. The first-order valence-corrected chi connectivity index (χ1v) is 6.04. The van der Waals surface area contributed by atoms with E-state index in [1.165, 1.54) is 7.11 Å². The van der Waals surface area contributed by atoms with E-state index in [0.29, 0.717) is 18.6 Å². The van der Waals surface area contributed by atoms with Crippen LogP contribution in [0.25, 0.3) is 0 Å². The molecule has 0 bridgehead atoms. The van der Waals surface area contributed by atoms with E-state index in [-0.39, 0.29) is 5.97 Å². The summed E-state index contributed by atoms with van der Waals surface area (Å²) in [7, 11) is 1.38. The molecule has 1 saturated heterocycles. The van der Waals surface area contributed by atoms with Crippen LogP contribution in [-0.2, 0) is 9.53 Å². The molecule has 0 aromatic heterocycles. The fourth-order valence-electron chi connectivity index (χ4n) is 1.88. The Morgan fingerprint density at radius 3 is 2.71 bits per heavy atom. The van der Waals surface area contributed by atoms with Gasteiger partial charge in [0.05, 0.1) is 18.1 Å². The Kier molecular flexibility index (Phi) is 3.48. The molecular formula is C10H18O3S. The number of esters is 1. The van der Waals surface area contributed by atoms with Gasteiger partial charge >= 0.3 is 5.97 Å². The topological polar surface area (TPSA) is 46.5 Å². The summed E-state index contributed by atoms with van der Waals surface area (Å²) in [6.07, 6.45) is 1.29. The van der Waals surface area contributed by atoms with Gasteiger partial charge in [0.1, 0.15) is 0 Å². The highest BCUT2D eigenvalue weighted by Crippen LogP contribution is 2.44. The number of carbonyl (C=O) groups excluding carboxylic acids is 1. The summed E-state index contributed by atoms with van der Waals surface area (Å²) >= 11 is 1.69. The minimum Gasteiger partial charge on any atom is -0.469 e. The molecule has 1 N–H and O–H groups in total. The molecule has 0 aromatic carbocycles. The van der Waals surface area contributed by atoms with E-state index < -0.39 is 11.0 Å². The predicted octanol–water partition coefficient (Wildman–Crippen LogP) is 1.44. The second kappa shape index (κ2) is 4.11. The van der Waals surface area contributed by atoms with Gasteiger partial charge in [-0.3, -0.25) is 4.79 Å². The summed E-state index contributed by atoms with van der Waals surface area (Å²) in [5.41, 5.74) is -1.65. The minimum absolute atomic E-state index is 0.301. The van der Waals surface area contributed by atoms with Gasteiger partial charge in [-0.1, -0.05) is 6.92 Å². The second-order valence-corrected chi connectivity index (χ2v) is 5.12. The maximum Gasteiger partial charge on any atom is 0.314 e. The molecule has 1 fully saturated rings. The number of ether oxygens (including phenoxy) is 1. The number of rotatable bonds is 3. The molecule has 3 nitrogen and oxygen atoms in total. The van der Waals surface area contributed by atoms with E-state index >= 15 is 0 Å². The number of carbonyl (C=O) groups is 1. The summed E-state index contributed by atoms with van der Waals surface area (Å²) in [4.78, 5) is 11.7. The highest BCUT2D eigenvalue weighted by atomic mass is 32.2. The number of hydrogen-bond donors (Lipinski definition) is 1. The van der Waals surface area contributed by atoms with Crippen molar-refractivity contribution in [1.29, 1.82) is 0 Å². The third-order valence-corrected chi connectivity index (χ3v) is 4.55. The molecule has 2 unspecified atom stereocenters. The van der Waals surface area contributed by atoms with Crippen LogP contribution in [0.1, 0.15) is 26.7 Å². The summed E-state index contributed by atoms with van der Waals surface area (Å²) in [6.45, 7) is 3.71. The molecule has 1 aliphatic rings.